The van der Waals surface area contributed by atoms with Crippen molar-refractivity contribution in [2.75, 3.05) is 4.90 Å². The molecule has 27 heavy (non-hydrogen) atoms. The maximum absolute atomic E-state index is 2.54. The Kier molecular flexibility index (Phi) is 3.06. The quantitative estimate of drug-likeness (QED) is 0.379. The molecule has 0 atom stereocenters. The van der Waals surface area contributed by atoms with Gasteiger partial charge in [-0.3, -0.25) is 0 Å². The normalized spacial score (nSPS) is 13.6. The van der Waals surface area contributed by atoms with E-state index in [0.29, 0.717) is 0 Å². The molecule has 0 saturated carbocycles. The first-order valence-electron chi connectivity index (χ1n) is 9.53. The average molecular weight is 345 g/mol. The molecule has 2 aliphatic rings. The van der Waals surface area contributed by atoms with Gasteiger partial charge in [0.25, 0.3) is 0 Å². The Labute approximate surface area is 159 Å². The Hall–Kier alpha value is -3.32. The van der Waals surface area contributed by atoms with Crippen LogP contribution in [-0.4, -0.2) is 0 Å². The Bertz CT molecular complexity index is 1170. The molecule has 0 spiro atoms. The second-order valence-corrected chi connectivity index (χ2v) is 7.45. The lowest BCUT2D eigenvalue weighted by atomic mass is 9.84. The van der Waals surface area contributed by atoms with Crippen molar-refractivity contribution in [1.82, 2.24) is 0 Å². The molecule has 1 nitrogen and oxygen atoms in total. The first kappa shape index (κ1) is 14.8. The van der Waals surface area contributed by atoms with Crippen LogP contribution < -0.4 is 4.90 Å². The molecule has 0 N–H and O–H groups in total. The monoisotopic (exact) mass is 345 g/mol. The third kappa shape index (κ3) is 2.18. The van der Waals surface area contributed by atoms with E-state index >= 15 is 0 Å². The molecule has 0 saturated heterocycles. The molecule has 4 aromatic carbocycles. The highest BCUT2D eigenvalue weighted by atomic mass is 15.1. The van der Waals surface area contributed by atoms with Gasteiger partial charge in [0.2, 0.25) is 0 Å². The topological polar surface area (TPSA) is 3.24 Å². The molecule has 6 rings (SSSR count). The van der Waals surface area contributed by atoms with Gasteiger partial charge in [-0.1, -0.05) is 84.9 Å². The largest absolute Gasteiger partial charge is 0.362 e. The summed E-state index contributed by atoms with van der Waals surface area (Å²) in [7, 11) is 0. The van der Waals surface area contributed by atoms with E-state index in [2.05, 4.69) is 95.9 Å². The van der Waals surface area contributed by atoms with Gasteiger partial charge >= 0.3 is 0 Å². The van der Waals surface area contributed by atoms with Crippen LogP contribution in [0, 0.1) is 0 Å². The smallest absolute Gasteiger partial charge is 0.0531 e. The van der Waals surface area contributed by atoms with Gasteiger partial charge in [0.15, 0.2) is 0 Å². The number of hydrogen-bond acceptors (Lipinski definition) is 1. The van der Waals surface area contributed by atoms with Crippen molar-refractivity contribution in [3.05, 3.63) is 102 Å². The van der Waals surface area contributed by atoms with Gasteiger partial charge in [0, 0.05) is 24.2 Å². The van der Waals surface area contributed by atoms with Crippen molar-refractivity contribution >= 4 is 5.69 Å². The summed E-state index contributed by atoms with van der Waals surface area (Å²) in [5.74, 6) is 0. The van der Waals surface area contributed by atoms with E-state index < -0.39 is 0 Å². The summed E-state index contributed by atoms with van der Waals surface area (Å²) in [6.45, 7) is 1.96. The highest BCUT2D eigenvalue weighted by molar-refractivity contribution is 5.97. The van der Waals surface area contributed by atoms with E-state index in [-0.39, 0.29) is 0 Å². The zero-order valence-electron chi connectivity index (χ0n) is 15.0. The molecular weight excluding hydrogens is 326 g/mol. The van der Waals surface area contributed by atoms with E-state index in [1.807, 2.05) is 0 Å². The lowest BCUT2D eigenvalue weighted by molar-refractivity contribution is 0.785. The Morgan fingerprint density at radius 2 is 1.15 bits per heavy atom. The lowest BCUT2D eigenvalue weighted by Crippen LogP contribution is -2.29. The zero-order valence-corrected chi connectivity index (χ0v) is 15.0. The van der Waals surface area contributed by atoms with Crippen molar-refractivity contribution in [2.24, 2.45) is 0 Å². The number of fused-ring (bicyclic) bond motifs is 4. The van der Waals surface area contributed by atoms with Crippen LogP contribution in [0.4, 0.5) is 5.69 Å². The minimum absolute atomic E-state index is 0.975. The summed E-state index contributed by atoms with van der Waals surface area (Å²) in [6, 6.07) is 33.2. The average Bonchev–Trinajstić information content (AvgIpc) is 2.74. The standard InChI is InChI=1S/C26H19N/c1-2-7-18(8-3-1)19-13-14-21-17-27-16-20-9-4-5-10-22(20)23-11-6-12-24(26(23)27)25(21)15-19/h1-15H,16-17H2. The summed E-state index contributed by atoms with van der Waals surface area (Å²) in [4.78, 5) is 2.54. The summed E-state index contributed by atoms with van der Waals surface area (Å²) in [5.41, 5.74) is 12.3. The van der Waals surface area contributed by atoms with Gasteiger partial charge in [-0.25, -0.2) is 0 Å². The summed E-state index contributed by atoms with van der Waals surface area (Å²) in [6.07, 6.45) is 0. The fourth-order valence-corrected chi connectivity index (χ4v) is 4.64. The van der Waals surface area contributed by atoms with Crippen molar-refractivity contribution in [3.63, 3.8) is 0 Å². The highest BCUT2D eigenvalue weighted by Gasteiger charge is 2.29. The maximum atomic E-state index is 2.54. The van der Waals surface area contributed by atoms with Crippen LogP contribution in [0.2, 0.25) is 0 Å². The zero-order chi connectivity index (χ0) is 17.8. The molecule has 0 aliphatic carbocycles. The molecule has 0 fully saturated rings. The van der Waals surface area contributed by atoms with Gasteiger partial charge in [-0.15, -0.1) is 0 Å². The predicted molar refractivity (Wildman–Crippen MR) is 113 cm³/mol. The number of para-hydroxylation sites is 1. The van der Waals surface area contributed by atoms with Crippen LogP contribution in [0.3, 0.4) is 0 Å². The van der Waals surface area contributed by atoms with E-state index in [1.165, 1.54) is 50.2 Å². The van der Waals surface area contributed by atoms with Crippen LogP contribution in [0.1, 0.15) is 11.1 Å². The summed E-state index contributed by atoms with van der Waals surface area (Å²) in [5, 5.41) is 0. The molecule has 0 radical (unpaired) electrons. The molecule has 0 amide bonds. The van der Waals surface area contributed by atoms with Crippen LogP contribution in [0.25, 0.3) is 33.4 Å². The Morgan fingerprint density at radius 3 is 2.00 bits per heavy atom. The van der Waals surface area contributed by atoms with Crippen LogP contribution in [0.15, 0.2) is 91.0 Å². The van der Waals surface area contributed by atoms with E-state index in [1.54, 1.807) is 0 Å². The van der Waals surface area contributed by atoms with Gasteiger partial charge < -0.3 is 4.90 Å². The van der Waals surface area contributed by atoms with Crippen LogP contribution in [0.5, 0.6) is 0 Å². The Morgan fingerprint density at radius 1 is 0.481 bits per heavy atom. The molecule has 0 aromatic heterocycles. The molecule has 128 valence electrons. The first-order valence-corrected chi connectivity index (χ1v) is 9.53. The molecular formula is C26H19N. The minimum Gasteiger partial charge on any atom is -0.362 e. The number of anilines is 1. The lowest BCUT2D eigenvalue weighted by Gasteiger charge is -2.38. The number of hydrogen-bond donors (Lipinski definition) is 0. The van der Waals surface area contributed by atoms with Crippen molar-refractivity contribution in [2.45, 2.75) is 13.1 Å². The van der Waals surface area contributed by atoms with Crippen molar-refractivity contribution in [3.8, 4) is 33.4 Å². The van der Waals surface area contributed by atoms with Crippen LogP contribution in [-0.2, 0) is 13.1 Å². The summed E-state index contributed by atoms with van der Waals surface area (Å²) >= 11 is 0. The molecule has 4 aromatic rings. The Balaban J connectivity index is 1.59. The van der Waals surface area contributed by atoms with Gasteiger partial charge in [-0.2, -0.15) is 0 Å². The van der Waals surface area contributed by atoms with Crippen molar-refractivity contribution < 1.29 is 0 Å². The molecule has 0 unspecified atom stereocenters. The van der Waals surface area contributed by atoms with Gasteiger partial charge in [0.05, 0.1) is 5.69 Å². The fourth-order valence-electron chi connectivity index (χ4n) is 4.64. The van der Waals surface area contributed by atoms with E-state index in [4.69, 9.17) is 0 Å². The SMILES string of the molecule is c1ccc(-c2ccc3c(c2)-c2cccc4c2N(Cc2ccccc2-4)C3)cc1. The third-order valence-corrected chi connectivity index (χ3v) is 5.89. The molecule has 0 bridgehead atoms. The summed E-state index contributed by atoms with van der Waals surface area (Å²) < 4.78 is 0. The van der Waals surface area contributed by atoms with E-state index in [9.17, 15) is 0 Å². The van der Waals surface area contributed by atoms with Gasteiger partial charge in [-0.05, 0) is 39.4 Å². The second kappa shape index (κ2) is 5.59. The first-order chi connectivity index (χ1) is 13.4. The molecule has 1 heteroatoms. The van der Waals surface area contributed by atoms with Crippen LogP contribution >= 0.6 is 0 Å². The van der Waals surface area contributed by atoms with E-state index in [0.717, 1.165) is 13.1 Å². The second-order valence-electron chi connectivity index (χ2n) is 7.45. The predicted octanol–water partition coefficient (Wildman–Crippen LogP) is 6.52. The number of nitrogens with zero attached hydrogens (tertiary/aromatic N) is 1. The molecule has 2 heterocycles. The third-order valence-electron chi connectivity index (χ3n) is 5.89. The highest BCUT2D eigenvalue weighted by Crippen LogP contribution is 2.49. The minimum atomic E-state index is 0.975. The fraction of sp³-hybridized carbons (Fsp3) is 0.0769. The van der Waals surface area contributed by atoms with Gasteiger partial charge in [0.1, 0.15) is 0 Å². The van der Waals surface area contributed by atoms with Crippen molar-refractivity contribution in [1.29, 1.82) is 0 Å². The number of rotatable bonds is 1. The number of benzene rings is 4. The molecule has 2 aliphatic heterocycles. The maximum Gasteiger partial charge on any atom is 0.0531 e.